The predicted octanol–water partition coefficient (Wildman–Crippen LogP) is 3.01. The van der Waals surface area contributed by atoms with Gasteiger partial charge in [0.25, 0.3) is 5.91 Å². The van der Waals surface area contributed by atoms with Gasteiger partial charge >= 0.3 is 0 Å². The zero-order chi connectivity index (χ0) is 14.4. The highest BCUT2D eigenvalue weighted by Gasteiger charge is 2.11. The number of para-hydroxylation sites is 1. The van der Waals surface area contributed by atoms with Crippen molar-refractivity contribution in [2.75, 3.05) is 6.54 Å². The van der Waals surface area contributed by atoms with Gasteiger partial charge in [-0.05, 0) is 18.6 Å². The van der Waals surface area contributed by atoms with Crippen LogP contribution in [0.15, 0.2) is 42.7 Å². The van der Waals surface area contributed by atoms with E-state index in [1.807, 2.05) is 30.3 Å². The first-order chi connectivity index (χ1) is 9.70. The van der Waals surface area contributed by atoms with Crippen molar-refractivity contribution in [3.05, 3.63) is 48.3 Å². The van der Waals surface area contributed by atoms with Crippen LogP contribution >= 0.6 is 11.6 Å². The highest BCUT2D eigenvalue weighted by molar-refractivity contribution is 6.20. The summed E-state index contributed by atoms with van der Waals surface area (Å²) in [7, 11) is 0. The topological polar surface area (TPSA) is 46.9 Å². The van der Waals surface area contributed by atoms with Crippen LogP contribution in [0.4, 0.5) is 0 Å². The van der Waals surface area contributed by atoms with E-state index in [1.54, 1.807) is 17.1 Å². The molecule has 0 saturated carbocycles. The van der Waals surface area contributed by atoms with Crippen LogP contribution in [0.3, 0.4) is 0 Å². The van der Waals surface area contributed by atoms with Crippen molar-refractivity contribution in [3.63, 3.8) is 0 Å². The molecule has 0 aliphatic carbocycles. The second-order valence-corrected chi connectivity index (χ2v) is 5.22. The molecule has 0 spiro atoms. The second kappa shape index (κ2) is 7.10. The van der Waals surface area contributed by atoms with Gasteiger partial charge in [0.1, 0.15) is 0 Å². The Morgan fingerprint density at radius 3 is 2.85 bits per heavy atom. The average Bonchev–Trinajstić information content (AvgIpc) is 2.96. The summed E-state index contributed by atoms with van der Waals surface area (Å²) in [6, 6.07) is 9.67. The number of carbonyl (C=O) groups excluding carboxylic acids is 1. The number of hydrogen-bond donors (Lipinski definition) is 1. The molecule has 1 N–H and O–H groups in total. The Kier molecular flexibility index (Phi) is 5.18. The van der Waals surface area contributed by atoms with Crippen LogP contribution in [0.1, 0.15) is 30.1 Å². The number of halogens is 1. The summed E-state index contributed by atoms with van der Waals surface area (Å²) in [6.07, 6.45) is 5.18. The number of amides is 1. The maximum atomic E-state index is 12.0. The quantitative estimate of drug-likeness (QED) is 0.832. The highest BCUT2D eigenvalue weighted by atomic mass is 35.5. The van der Waals surface area contributed by atoms with Crippen LogP contribution in [-0.2, 0) is 0 Å². The molecule has 2 rings (SSSR count). The third-order valence-corrected chi connectivity index (χ3v) is 3.32. The van der Waals surface area contributed by atoms with Crippen LogP contribution in [0.2, 0.25) is 0 Å². The van der Waals surface area contributed by atoms with E-state index < -0.39 is 0 Å². The normalized spacial score (nSPS) is 12.1. The zero-order valence-corrected chi connectivity index (χ0v) is 12.2. The minimum atomic E-state index is -0.145. The molecule has 1 amide bonds. The predicted molar refractivity (Wildman–Crippen MR) is 80.4 cm³/mol. The Labute approximate surface area is 123 Å². The Hall–Kier alpha value is -1.81. The largest absolute Gasteiger partial charge is 0.350 e. The first kappa shape index (κ1) is 14.6. The van der Waals surface area contributed by atoms with Gasteiger partial charge in [-0.2, -0.15) is 5.10 Å². The van der Waals surface area contributed by atoms with E-state index in [0.717, 1.165) is 18.5 Å². The summed E-state index contributed by atoms with van der Waals surface area (Å²) in [4.78, 5) is 12.0. The Balaban J connectivity index is 1.97. The van der Waals surface area contributed by atoms with Crippen molar-refractivity contribution in [2.24, 2.45) is 0 Å². The molecular formula is C15H18ClN3O. The minimum absolute atomic E-state index is 0.0203. The third kappa shape index (κ3) is 3.84. The molecule has 20 heavy (non-hydrogen) atoms. The second-order valence-electron chi connectivity index (χ2n) is 4.61. The number of carbonyl (C=O) groups is 1. The number of nitrogens with zero attached hydrogens (tertiary/aromatic N) is 2. The van der Waals surface area contributed by atoms with Crippen LogP contribution in [0, 0.1) is 0 Å². The van der Waals surface area contributed by atoms with Crippen LogP contribution in [-0.4, -0.2) is 27.6 Å². The molecule has 0 saturated heterocycles. The van der Waals surface area contributed by atoms with Crippen molar-refractivity contribution in [3.8, 4) is 5.69 Å². The number of nitrogens with one attached hydrogen (secondary N) is 1. The van der Waals surface area contributed by atoms with Gasteiger partial charge in [-0.25, -0.2) is 4.68 Å². The van der Waals surface area contributed by atoms with Gasteiger partial charge in [-0.15, -0.1) is 11.6 Å². The van der Waals surface area contributed by atoms with Gasteiger partial charge in [0, 0.05) is 12.7 Å². The molecule has 1 unspecified atom stereocenters. The molecule has 4 nitrogen and oxygen atoms in total. The molecule has 0 aliphatic rings. The van der Waals surface area contributed by atoms with E-state index in [2.05, 4.69) is 17.3 Å². The standard InChI is InChI=1S/C15H18ClN3O/c1-2-6-13(16)10-17-15(20)12-9-18-19(11-12)14-7-4-3-5-8-14/h3-5,7-9,11,13H,2,6,10H2,1H3,(H,17,20). The molecular weight excluding hydrogens is 274 g/mol. The SMILES string of the molecule is CCCC(Cl)CNC(=O)c1cnn(-c2ccccc2)c1. The Morgan fingerprint density at radius 1 is 1.40 bits per heavy atom. The van der Waals surface area contributed by atoms with Crippen molar-refractivity contribution >= 4 is 17.5 Å². The molecule has 5 heteroatoms. The first-order valence-corrected chi connectivity index (χ1v) is 7.16. The Morgan fingerprint density at radius 2 is 2.15 bits per heavy atom. The van der Waals surface area contributed by atoms with E-state index in [1.165, 1.54) is 0 Å². The van der Waals surface area contributed by atoms with E-state index in [-0.39, 0.29) is 11.3 Å². The summed E-state index contributed by atoms with van der Waals surface area (Å²) >= 11 is 6.08. The van der Waals surface area contributed by atoms with Crippen LogP contribution in [0.5, 0.6) is 0 Å². The smallest absolute Gasteiger partial charge is 0.254 e. The van der Waals surface area contributed by atoms with Crippen molar-refractivity contribution in [2.45, 2.75) is 25.1 Å². The summed E-state index contributed by atoms with van der Waals surface area (Å²) in [6.45, 7) is 2.55. The zero-order valence-electron chi connectivity index (χ0n) is 11.4. The van der Waals surface area contributed by atoms with Gasteiger partial charge in [0.15, 0.2) is 0 Å². The number of rotatable bonds is 6. The lowest BCUT2D eigenvalue weighted by Crippen LogP contribution is -2.29. The van der Waals surface area contributed by atoms with E-state index in [9.17, 15) is 4.79 Å². The maximum absolute atomic E-state index is 12.0. The molecule has 2 aromatic rings. The van der Waals surface area contributed by atoms with E-state index >= 15 is 0 Å². The summed E-state index contributed by atoms with van der Waals surface area (Å²) < 4.78 is 1.68. The molecule has 0 radical (unpaired) electrons. The number of aromatic nitrogens is 2. The Bertz CT molecular complexity index is 553. The molecule has 1 aromatic heterocycles. The molecule has 106 valence electrons. The fraction of sp³-hybridized carbons (Fsp3) is 0.333. The number of hydrogen-bond acceptors (Lipinski definition) is 2. The molecule has 1 heterocycles. The third-order valence-electron chi connectivity index (χ3n) is 2.95. The summed E-state index contributed by atoms with van der Waals surface area (Å²) in [5, 5.41) is 7.00. The van der Waals surface area contributed by atoms with Crippen LogP contribution in [0.25, 0.3) is 5.69 Å². The lowest BCUT2D eigenvalue weighted by molar-refractivity contribution is 0.0953. The van der Waals surface area contributed by atoms with Gasteiger partial charge < -0.3 is 5.32 Å². The van der Waals surface area contributed by atoms with Gasteiger partial charge in [-0.1, -0.05) is 31.5 Å². The fourth-order valence-electron chi connectivity index (χ4n) is 1.88. The number of alkyl halides is 1. The van der Waals surface area contributed by atoms with Crippen molar-refractivity contribution < 1.29 is 4.79 Å². The highest BCUT2D eigenvalue weighted by Crippen LogP contribution is 2.08. The van der Waals surface area contributed by atoms with Crippen molar-refractivity contribution in [1.82, 2.24) is 15.1 Å². The molecule has 0 fully saturated rings. The molecule has 0 aliphatic heterocycles. The monoisotopic (exact) mass is 291 g/mol. The first-order valence-electron chi connectivity index (χ1n) is 6.73. The maximum Gasteiger partial charge on any atom is 0.254 e. The summed E-state index contributed by atoms with van der Waals surface area (Å²) in [5.74, 6) is -0.145. The molecule has 1 aromatic carbocycles. The fourth-order valence-corrected chi connectivity index (χ4v) is 2.18. The van der Waals surface area contributed by atoms with E-state index in [0.29, 0.717) is 12.1 Å². The van der Waals surface area contributed by atoms with Gasteiger partial charge in [-0.3, -0.25) is 4.79 Å². The van der Waals surface area contributed by atoms with Gasteiger partial charge in [0.05, 0.1) is 22.8 Å². The lowest BCUT2D eigenvalue weighted by Gasteiger charge is -2.08. The van der Waals surface area contributed by atoms with Crippen LogP contribution < -0.4 is 5.32 Å². The van der Waals surface area contributed by atoms with E-state index in [4.69, 9.17) is 11.6 Å². The average molecular weight is 292 g/mol. The van der Waals surface area contributed by atoms with Crippen molar-refractivity contribution in [1.29, 1.82) is 0 Å². The molecule has 1 atom stereocenters. The molecule has 0 bridgehead atoms. The van der Waals surface area contributed by atoms with Gasteiger partial charge in [0.2, 0.25) is 0 Å². The minimum Gasteiger partial charge on any atom is -0.350 e. The summed E-state index contributed by atoms with van der Waals surface area (Å²) in [5.41, 5.74) is 1.46. The number of benzene rings is 1. The lowest BCUT2D eigenvalue weighted by atomic mass is 10.2.